The average Bonchev–Trinajstić information content (AvgIpc) is 3.15. The average molecular weight is 239 g/mol. The van der Waals surface area contributed by atoms with Crippen LogP contribution in [0.4, 0.5) is 0 Å². The Hall–Kier alpha value is -0.120. The summed E-state index contributed by atoms with van der Waals surface area (Å²) in [7, 11) is 4.51. The zero-order chi connectivity index (χ0) is 12.5. The van der Waals surface area contributed by atoms with E-state index in [1.807, 2.05) is 0 Å². The van der Waals surface area contributed by atoms with Crippen LogP contribution in [0, 0.1) is 11.8 Å². The summed E-state index contributed by atoms with van der Waals surface area (Å²) in [6.07, 6.45) is 5.47. The molecule has 2 rings (SSSR count). The van der Waals surface area contributed by atoms with Crippen LogP contribution in [0.5, 0.6) is 0 Å². The normalized spacial score (nSPS) is 27.4. The molecule has 1 unspecified atom stereocenters. The van der Waals surface area contributed by atoms with Crippen LogP contribution in [0.2, 0.25) is 0 Å². The highest BCUT2D eigenvalue weighted by Crippen LogP contribution is 2.42. The second-order valence-electron chi connectivity index (χ2n) is 6.46. The summed E-state index contributed by atoms with van der Waals surface area (Å²) in [5.74, 6) is 1.73. The molecule has 0 aromatic rings. The number of piperidine rings is 1. The van der Waals surface area contributed by atoms with E-state index in [2.05, 4.69) is 30.8 Å². The molecule has 2 fully saturated rings. The lowest BCUT2D eigenvalue weighted by molar-refractivity contribution is 0.0818. The van der Waals surface area contributed by atoms with Crippen LogP contribution in [0.15, 0.2) is 0 Å². The molecule has 1 saturated carbocycles. The Balaban J connectivity index is 1.85. The van der Waals surface area contributed by atoms with Crippen molar-refractivity contribution in [2.24, 2.45) is 17.6 Å². The molecule has 0 bridgehead atoms. The van der Waals surface area contributed by atoms with Gasteiger partial charge in [0.15, 0.2) is 0 Å². The Kier molecular flexibility index (Phi) is 4.11. The minimum atomic E-state index is 0.253. The number of nitrogens with zero attached hydrogens (tertiary/aromatic N) is 2. The second kappa shape index (κ2) is 5.25. The van der Waals surface area contributed by atoms with Gasteiger partial charge in [0, 0.05) is 18.6 Å². The third-order valence-electron chi connectivity index (χ3n) is 5.11. The smallest absolute Gasteiger partial charge is 0.0328 e. The molecule has 3 heteroatoms. The topological polar surface area (TPSA) is 32.5 Å². The van der Waals surface area contributed by atoms with Crippen LogP contribution in [-0.4, -0.2) is 55.6 Å². The molecule has 0 amide bonds. The largest absolute Gasteiger partial charge is 0.329 e. The van der Waals surface area contributed by atoms with Crippen LogP contribution in [0.3, 0.4) is 0 Å². The molecule has 17 heavy (non-hydrogen) atoms. The zero-order valence-corrected chi connectivity index (χ0v) is 11.8. The number of hydrogen-bond acceptors (Lipinski definition) is 3. The molecule has 2 N–H and O–H groups in total. The lowest BCUT2D eigenvalue weighted by Gasteiger charge is -2.41. The minimum Gasteiger partial charge on any atom is -0.329 e. The van der Waals surface area contributed by atoms with Crippen molar-refractivity contribution in [1.82, 2.24) is 9.80 Å². The summed E-state index contributed by atoms with van der Waals surface area (Å²) >= 11 is 0. The molecular weight excluding hydrogens is 210 g/mol. The Bertz CT molecular complexity index is 244. The summed E-state index contributed by atoms with van der Waals surface area (Å²) in [6.45, 7) is 6.93. The van der Waals surface area contributed by atoms with E-state index in [9.17, 15) is 0 Å². The molecule has 0 aromatic heterocycles. The van der Waals surface area contributed by atoms with E-state index in [0.29, 0.717) is 0 Å². The van der Waals surface area contributed by atoms with Crippen LogP contribution < -0.4 is 5.73 Å². The molecular formula is C14H29N3. The molecule has 0 aromatic carbocycles. The van der Waals surface area contributed by atoms with E-state index in [1.54, 1.807) is 0 Å². The molecule has 1 aliphatic carbocycles. The van der Waals surface area contributed by atoms with Crippen molar-refractivity contribution >= 4 is 0 Å². The Morgan fingerprint density at radius 1 is 1.24 bits per heavy atom. The first-order valence-electron chi connectivity index (χ1n) is 7.16. The van der Waals surface area contributed by atoms with Gasteiger partial charge in [0.05, 0.1) is 0 Å². The van der Waals surface area contributed by atoms with Crippen molar-refractivity contribution in [3.05, 3.63) is 0 Å². The van der Waals surface area contributed by atoms with Crippen molar-refractivity contribution in [2.45, 2.75) is 38.1 Å². The van der Waals surface area contributed by atoms with E-state index in [1.165, 1.54) is 45.3 Å². The fourth-order valence-electron chi connectivity index (χ4n) is 3.18. The maximum absolute atomic E-state index is 6.03. The fraction of sp³-hybridized carbons (Fsp3) is 1.00. The number of hydrogen-bond donors (Lipinski definition) is 1. The zero-order valence-electron chi connectivity index (χ0n) is 11.8. The van der Waals surface area contributed by atoms with Gasteiger partial charge in [-0.1, -0.05) is 0 Å². The fourth-order valence-corrected chi connectivity index (χ4v) is 3.18. The van der Waals surface area contributed by atoms with Crippen LogP contribution in [0.1, 0.15) is 32.6 Å². The monoisotopic (exact) mass is 239 g/mol. The van der Waals surface area contributed by atoms with E-state index in [0.717, 1.165) is 18.4 Å². The second-order valence-corrected chi connectivity index (χ2v) is 6.46. The lowest BCUT2D eigenvalue weighted by Crippen LogP contribution is -2.53. The Morgan fingerprint density at radius 3 is 2.29 bits per heavy atom. The van der Waals surface area contributed by atoms with Gasteiger partial charge in [-0.25, -0.2) is 0 Å². The van der Waals surface area contributed by atoms with Gasteiger partial charge in [0.2, 0.25) is 0 Å². The molecule has 1 aliphatic heterocycles. The number of likely N-dealkylation sites (N-methyl/N-ethyl adjacent to an activating group) is 1. The van der Waals surface area contributed by atoms with E-state index >= 15 is 0 Å². The molecule has 1 heterocycles. The maximum Gasteiger partial charge on any atom is 0.0328 e. The van der Waals surface area contributed by atoms with Crippen LogP contribution in [0.25, 0.3) is 0 Å². The highest BCUT2D eigenvalue weighted by atomic mass is 15.2. The summed E-state index contributed by atoms with van der Waals surface area (Å²) < 4.78 is 0. The van der Waals surface area contributed by atoms with Crippen molar-refractivity contribution in [3.8, 4) is 0 Å². The minimum absolute atomic E-state index is 0.253. The quantitative estimate of drug-likeness (QED) is 0.787. The van der Waals surface area contributed by atoms with Crippen molar-refractivity contribution < 1.29 is 0 Å². The highest BCUT2D eigenvalue weighted by Gasteiger charge is 2.43. The molecule has 1 atom stereocenters. The van der Waals surface area contributed by atoms with Gasteiger partial charge in [-0.15, -0.1) is 0 Å². The van der Waals surface area contributed by atoms with Crippen molar-refractivity contribution in [2.75, 3.05) is 40.3 Å². The molecule has 3 nitrogen and oxygen atoms in total. The van der Waals surface area contributed by atoms with E-state index < -0.39 is 0 Å². The van der Waals surface area contributed by atoms with E-state index in [4.69, 9.17) is 5.73 Å². The van der Waals surface area contributed by atoms with Gasteiger partial charge >= 0.3 is 0 Å². The predicted molar refractivity (Wildman–Crippen MR) is 73.0 cm³/mol. The van der Waals surface area contributed by atoms with Crippen LogP contribution >= 0.6 is 0 Å². The van der Waals surface area contributed by atoms with Crippen molar-refractivity contribution in [1.29, 1.82) is 0 Å². The summed E-state index contributed by atoms with van der Waals surface area (Å²) in [5.41, 5.74) is 6.28. The lowest BCUT2D eigenvalue weighted by atomic mass is 9.90. The van der Waals surface area contributed by atoms with Gasteiger partial charge < -0.3 is 10.6 Å². The molecule has 2 aliphatic rings. The number of likely N-dealkylation sites (tertiary alicyclic amines) is 1. The third-order valence-corrected chi connectivity index (χ3v) is 5.11. The SMILES string of the molecule is CN1CCC(CN(C)C(C)(CN)C2CC2)CC1. The van der Waals surface area contributed by atoms with Gasteiger partial charge in [0.25, 0.3) is 0 Å². The number of rotatable bonds is 5. The van der Waals surface area contributed by atoms with Crippen LogP contribution in [-0.2, 0) is 0 Å². The molecule has 0 spiro atoms. The molecule has 100 valence electrons. The maximum atomic E-state index is 6.03. The van der Waals surface area contributed by atoms with Crippen molar-refractivity contribution in [3.63, 3.8) is 0 Å². The first kappa shape index (κ1) is 13.3. The standard InChI is InChI=1S/C14H29N3/c1-14(11-15,13-4-5-13)17(3)10-12-6-8-16(2)9-7-12/h12-13H,4-11,15H2,1-3H3. The first-order valence-corrected chi connectivity index (χ1v) is 7.16. The summed E-state index contributed by atoms with van der Waals surface area (Å²) in [6, 6.07) is 0. The van der Waals surface area contributed by atoms with Gasteiger partial charge in [0.1, 0.15) is 0 Å². The van der Waals surface area contributed by atoms with Gasteiger partial charge in [-0.2, -0.15) is 0 Å². The van der Waals surface area contributed by atoms with Gasteiger partial charge in [-0.3, -0.25) is 4.90 Å². The Morgan fingerprint density at radius 2 is 1.82 bits per heavy atom. The molecule has 0 radical (unpaired) electrons. The predicted octanol–water partition coefficient (Wildman–Crippen LogP) is 1.39. The van der Waals surface area contributed by atoms with E-state index in [-0.39, 0.29) is 5.54 Å². The number of nitrogens with two attached hydrogens (primary N) is 1. The molecule has 1 saturated heterocycles. The first-order chi connectivity index (χ1) is 8.06. The summed E-state index contributed by atoms with van der Waals surface area (Å²) in [5, 5.41) is 0. The van der Waals surface area contributed by atoms with Gasteiger partial charge in [-0.05, 0) is 71.6 Å². The Labute approximate surface area is 106 Å². The third kappa shape index (κ3) is 3.01. The summed E-state index contributed by atoms with van der Waals surface area (Å²) in [4.78, 5) is 5.00. The highest BCUT2D eigenvalue weighted by molar-refractivity contribution is 4.99.